The summed E-state index contributed by atoms with van der Waals surface area (Å²) < 4.78 is 1.24. The van der Waals surface area contributed by atoms with E-state index in [0.29, 0.717) is 0 Å². The van der Waals surface area contributed by atoms with E-state index < -0.39 is 0 Å². The van der Waals surface area contributed by atoms with E-state index in [1.165, 1.54) is 28.4 Å². The first-order valence-corrected chi connectivity index (χ1v) is 6.03. The maximum Gasteiger partial charge on any atom is 0.0212 e. The van der Waals surface area contributed by atoms with Crippen molar-refractivity contribution in [2.75, 3.05) is 0 Å². The first-order valence-electron chi connectivity index (χ1n) is 5.24. The molecule has 0 amide bonds. The van der Waals surface area contributed by atoms with Gasteiger partial charge >= 0.3 is 0 Å². The highest BCUT2D eigenvalue weighted by atomic mass is 79.9. The van der Waals surface area contributed by atoms with E-state index in [0.717, 1.165) is 0 Å². The Morgan fingerprint density at radius 2 is 1.93 bits per heavy atom. The molecule has 1 aromatic rings. The van der Waals surface area contributed by atoms with Gasteiger partial charge < -0.3 is 0 Å². The molecule has 0 spiro atoms. The summed E-state index contributed by atoms with van der Waals surface area (Å²) in [7, 11) is 0. The smallest absolute Gasteiger partial charge is 0.0212 e. The first-order chi connectivity index (χ1) is 6.47. The Balaban J connectivity index is 3.10. The lowest BCUT2D eigenvalue weighted by atomic mass is 9.80. The summed E-state index contributed by atoms with van der Waals surface area (Å²) in [6.45, 7) is 9.02. The molecule has 78 valence electrons. The van der Waals surface area contributed by atoms with E-state index in [-0.39, 0.29) is 5.41 Å². The molecular weight excluding hydrogens is 236 g/mol. The van der Waals surface area contributed by atoms with Crippen molar-refractivity contribution in [3.05, 3.63) is 33.8 Å². The Morgan fingerprint density at radius 1 is 1.29 bits per heavy atom. The van der Waals surface area contributed by atoms with Crippen LogP contribution in [-0.4, -0.2) is 0 Å². The molecule has 0 aliphatic rings. The zero-order chi connectivity index (χ0) is 10.8. The molecule has 1 heteroatoms. The molecule has 0 aliphatic heterocycles. The van der Waals surface area contributed by atoms with Crippen LogP contribution in [0.3, 0.4) is 0 Å². The summed E-state index contributed by atoms with van der Waals surface area (Å²) in [4.78, 5) is 0. The van der Waals surface area contributed by atoms with Crippen molar-refractivity contribution >= 4 is 15.9 Å². The number of hydrogen-bond donors (Lipinski definition) is 0. The Morgan fingerprint density at radius 3 is 2.50 bits per heavy atom. The topological polar surface area (TPSA) is 0 Å². The van der Waals surface area contributed by atoms with Crippen molar-refractivity contribution in [1.82, 2.24) is 0 Å². The number of benzene rings is 1. The summed E-state index contributed by atoms with van der Waals surface area (Å²) >= 11 is 3.64. The van der Waals surface area contributed by atoms with Gasteiger partial charge in [-0.3, -0.25) is 0 Å². The Kier molecular flexibility index (Phi) is 3.77. The summed E-state index contributed by atoms with van der Waals surface area (Å²) in [6.07, 6.45) is 2.46. The molecule has 0 radical (unpaired) electrons. The Hall–Kier alpha value is -0.300. The summed E-state index contributed by atoms with van der Waals surface area (Å²) in [5, 5.41) is 0. The molecule has 14 heavy (non-hydrogen) atoms. The van der Waals surface area contributed by atoms with Crippen LogP contribution < -0.4 is 0 Å². The summed E-state index contributed by atoms with van der Waals surface area (Å²) in [6, 6.07) is 6.59. The van der Waals surface area contributed by atoms with Crippen molar-refractivity contribution in [3.8, 4) is 0 Å². The number of hydrogen-bond acceptors (Lipinski definition) is 0. The highest BCUT2D eigenvalue weighted by Gasteiger charge is 2.21. The molecule has 0 nitrogen and oxygen atoms in total. The van der Waals surface area contributed by atoms with Gasteiger partial charge in [-0.1, -0.05) is 60.8 Å². The predicted octanol–water partition coefficient (Wildman–Crippen LogP) is 4.84. The van der Waals surface area contributed by atoms with E-state index in [9.17, 15) is 0 Å². The maximum absolute atomic E-state index is 3.64. The molecular formula is C13H19Br. The third-order valence-corrected chi connectivity index (χ3v) is 3.42. The zero-order valence-corrected chi connectivity index (χ0v) is 11.1. The molecule has 0 fully saturated rings. The standard InChI is InChI=1S/C13H19Br/c1-5-8-13(3,4)11-9-10(2)6-7-12(11)14/h6-7,9H,5,8H2,1-4H3. The van der Waals surface area contributed by atoms with Crippen LogP contribution in [0.4, 0.5) is 0 Å². The fourth-order valence-corrected chi connectivity index (χ4v) is 2.70. The van der Waals surface area contributed by atoms with Gasteiger partial charge in [-0.2, -0.15) is 0 Å². The lowest BCUT2D eigenvalue weighted by molar-refractivity contribution is 0.471. The third-order valence-electron chi connectivity index (χ3n) is 2.73. The molecule has 0 heterocycles. The van der Waals surface area contributed by atoms with E-state index in [4.69, 9.17) is 0 Å². The van der Waals surface area contributed by atoms with Crippen molar-refractivity contribution in [2.24, 2.45) is 0 Å². The fraction of sp³-hybridized carbons (Fsp3) is 0.538. The van der Waals surface area contributed by atoms with Crippen LogP contribution >= 0.6 is 15.9 Å². The minimum Gasteiger partial charge on any atom is -0.0654 e. The lowest BCUT2D eigenvalue weighted by Gasteiger charge is -2.26. The predicted molar refractivity (Wildman–Crippen MR) is 66.8 cm³/mol. The first kappa shape index (κ1) is 11.8. The van der Waals surface area contributed by atoms with Crippen LogP contribution in [0.5, 0.6) is 0 Å². The molecule has 0 bridgehead atoms. The monoisotopic (exact) mass is 254 g/mol. The van der Waals surface area contributed by atoms with Crippen LogP contribution in [0.25, 0.3) is 0 Å². The van der Waals surface area contributed by atoms with E-state index in [1.807, 2.05) is 0 Å². The number of aryl methyl sites for hydroxylation is 1. The molecule has 0 atom stereocenters. The van der Waals surface area contributed by atoms with Gasteiger partial charge in [-0.05, 0) is 30.4 Å². The van der Waals surface area contributed by atoms with Gasteiger partial charge in [-0.15, -0.1) is 0 Å². The second kappa shape index (κ2) is 4.48. The highest BCUT2D eigenvalue weighted by Crippen LogP contribution is 2.34. The normalized spacial score (nSPS) is 11.8. The van der Waals surface area contributed by atoms with E-state index in [2.05, 4.69) is 61.8 Å². The molecule has 0 saturated heterocycles. The van der Waals surface area contributed by atoms with Crippen LogP contribution in [0, 0.1) is 6.92 Å². The van der Waals surface area contributed by atoms with Gasteiger partial charge in [0.25, 0.3) is 0 Å². The van der Waals surface area contributed by atoms with Crippen molar-refractivity contribution in [2.45, 2.75) is 46.0 Å². The third kappa shape index (κ3) is 2.60. The molecule has 0 aromatic heterocycles. The molecule has 0 aliphatic carbocycles. The summed E-state index contributed by atoms with van der Waals surface area (Å²) in [5.41, 5.74) is 3.05. The molecule has 0 N–H and O–H groups in total. The minimum absolute atomic E-state index is 0.277. The van der Waals surface area contributed by atoms with Crippen LogP contribution in [0.2, 0.25) is 0 Å². The zero-order valence-electron chi connectivity index (χ0n) is 9.52. The lowest BCUT2D eigenvalue weighted by Crippen LogP contribution is -2.17. The van der Waals surface area contributed by atoms with Gasteiger partial charge in [0, 0.05) is 4.47 Å². The number of halogens is 1. The average Bonchev–Trinajstić information content (AvgIpc) is 2.09. The van der Waals surface area contributed by atoms with E-state index >= 15 is 0 Å². The van der Waals surface area contributed by atoms with Gasteiger partial charge in [0.15, 0.2) is 0 Å². The van der Waals surface area contributed by atoms with Crippen LogP contribution in [0.15, 0.2) is 22.7 Å². The highest BCUT2D eigenvalue weighted by molar-refractivity contribution is 9.10. The van der Waals surface area contributed by atoms with Gasteiger partial charge in [0.2, 0.25) is 0 Å². The van der Waals surface area contributed by atoms with Gasteiger partial charge in [0.05, 0.1) is 0 Å². The molecule has 0 saturated carbocycles. The van der Waals surface area contributed by atoms with Crippen molar-refractivity contribution in [1.29, 1.82) is 0 Å². The van der Waals surface area contributed by atoms with Crippen molar-refractivity contribution < 1.29 is 0 Å². The van der Waals surface area contributed by atoms with Gasteiger partial charge in [0.1, 0.15) is 0 Å². The molecule has 0 unspecified atom stereocenters. The second-order valence-corrected chi connectivity index (χ2v) is 5.47. The maximum atomic E-state index is 3.64. The molecule has 1 rings (SSSR count). The Bertz CT molecular complexity index is 313. The van der Waals surface area contributed by atoms with Gasteiger partial charge in [-0.25, -0.2) is 0 Å². The minimum atomic E-state index is 0.277. The molecule has 1 aromatic carbocycles. The van der Waals surface area contributed by atoms with Crippen LogP contribution in [-0.2, 0) is 5.41 Å². The largest absolute Gasteiger partial charge is 0.0654 e. The van der Waals surface area contributed by atoms with Crippen LogP contribution in [0.1, 0.15) is 44.7 Å². The van der Waals surface area contributed by atoms with Crippen molar-refractivity contribution in [3.63, 3.8) is 0 Å². The SMILES string of the molecule is CCCC(C)(C)c1cc(C)ccc1Br. The number of rotatable bonds is 3. The summed E-state index contributed by atoms with van der Waals surface area (Å²) in [5.74, 6) is 0. The average molecular weight is 255 g/mol. The fourth-order valence-electron chi connectivity index (χ4n) is 1.92. The second-order valence-electron chi connectivity index (χ2n) is 4.62. The quantitative estimate of drug-likeness (QED) is 0.725. The van der Waals surface area contributed by atoms with E-state index in [1.54, 1.807) is 0 Å². The Labute approximate surface area is 95.9 Å².